The normalized spacial score (nSPS) is 11.5. The highest BCUT2D eigenvalue weighted by Crippen LogP contribution is 2.35. The van der Waals surface area contributed by atoms with Crippen LogP contribution in [0.15, 0.2) is 18.2 Å². The summed E-state index contributed by atoms with van der Waals surface area (Å²) in [5, 5.41) is 0. The van der Waals surface area contributed by atoms with Crippen molar-refractivity contribution in [1.82, 2.24) is 0 Å². The summed E-state index contributed by atoms with van der Waals surface area (Å²) in [6, 6.07) is 4.95. The van der Waals surface area contributed by atoms with Gasteiger partial charge >= 0.3 is 0 Å². The average Bonchev–Trinajstić information content (AvgIpc) is 2.17. The Morgan fingerprint density at radius 1 is 1.36 bits per heavy atom. The molecule has 0 radical (unpaired) electrons. The molecule has 0 aliphatic heterocycles. The van der Waals surface area contributed by atoms with E-state index in [2.05, 4.69) is 0 Å². The van der Waals surface area contributed by atoms with Crippen molar-refractivity contribution in [3.8, 4) is 5.75 Å². The van der Waals surface area contributed by atoms with Gasteiger partial charge in [0.25, 0.3) is 0 Å². The molecule has 0 saturated carbocycles. The molecule has 0 atom stereocenters. The minimum atomic E-state index is -0.184. The summed E-state index contributed by atoms with van der Waals surface area (Å²) in [5.41, 5.74) is 0.487. The lowest BCUT2D eigenvalue weighted by Crippen LogP contribution is -2.18. The summed E-state index contributed by atoms with van der Waals surface area (Å²) in [6.07, 6.45) is 0.879. The number of ether oxygens (including phenoxy) is 1. The number of halogens is 1. The summed E-state index contributed by atoms with van der Waals surface area (Å²) < 4.78 is 18.8. The number of methoxy groups -OCH3 is 1. The predicted molar refractivity (Wildman–Crippen MR) is 56.3 cm³/mol. The van der Waals surface area contributed by atoms with Crippen LogP contribution in [0.5, 0.6) is 5.75 Å². The molecule has 0 unspecified atom stereocenters. The van der Waals surface area contributed by atoms with Gasteiger partial charge in [-0.1, -0.05) is 26.8 Å². The van der Waals surface area contributed by atoms with E-state index in [4.69, 9.17) is 4.74 Å². The second-order valence-corrected chi connectivity index (χ2v) is 4.05. The lowest BCUT2D eigenvalue weighted by molar-refractivity contribution is 0.377. The summed E-state index contributed by atoms with van der Waals surface area (Å²) >= 11 is 0. The Morgan fingerprint density at radius 2 is 2.00 bits per heavy atom. The van der Waals surface area contributed by atoms with E-state index in [9.17, 15) is 4.39 Å². The summed E-state index contributed by atoms with van der Waals surface area (Å²) in [6.45, 7) is 6.09. The summed E-state index contributed by atoms with van der Waals surface area (Å²) in [7, 11) is 1.57. The molecule has 0 aliphatic rings. The van der Waals surface area contributed by atoms with E-state index in [1.165, 1.54) is 6.07 Å². The fourth-order valence-electron chi connectivity index (χ4n) is 1.51. The van der Waals surface area contributed by atoms with Gasteiger partial charge < -0.3 is 4.74 Å². The lowest BCUT2D eigenvalue weighted by Gasteiger charge is -2.25. The topological polar surface area (TPSA) is 9.23 Å². The van der Waals surface area contributed by atoms with Crippen LogP contribution in [0.4, 0.5) is 4.39 Å². The van der Waals surface area contributed by atoms with Crippen molar-refractivity contribution in [1.29, 1.82) is 0 Å². The first kappa shape index (κ1) is 11.0. The molecule has 0 heterocycles. The van der Waals surface area contributed by atoms with E-state index < -0.39 is 0 Å². The van der Waals surface area contributed by atoms with Gasteiger partial charge in [0.1, 0.15) is 11.6 Å². The first-order valence-electron chi connectivity index (χ1n) is 4.86. The van der Waals surface area contributed by atoms with Crippen LogP contribution in [-0.2, 0) is 5.41 Å². The Balaban J connectivity index is 3.30. The van der Waals surface area contributed by atoms with Crippen molar-refractivity contribution < 1.29 is 9.13 Å². The van der Waals surface area contributed by atoms with Gasteiger partial charge in [0.05, 0.1) is 7.11 Å². The molecular formula is C12H17FO. The van der Waals surface area contributed by atoms with E-state index in [1.54, 1.807) is 19.2 Å². The van der Waals surface area contributed by atoms with E-state index in [-0.39, 0.29) is 11.2 Å². The van der Waals surface area contributed by atoms with Crippen LogP contribution >= 0.6 is 0 Å². The molecule has 0 aromatic heterocycles. The largest absolute Gasteiger partial charge is 0.496 e. The van der Waals surface area contributed by atoms with E-state index >= 15 is 0 Å². The zero-order valence-corrected chi connectivity index (χ0v) is 9.23. The van der Waals surface area contributed by atoms with Crippen LogP contribution in [0.3, 0.4) is 0 Å². The van der Waals surface area contributed by atoms with Gasteiger partial charge in [0.2, 0.25) is 0 Å². The van der Waals surface area contributed by atoms with Crippen LogP contribution in [0.25, 0.3) is 0 Å². The maximum Gasteiger partial charge on any atom is 0.130 e. The Labute approximate surface area is 84.9 Å². The van der Waals surface area contributed by atoms with Crippen LogP contribution in [0, 0.1) is 5.82 Å². The smallest absolute Gasteiger partial charge is 0.130 e. The van der Waals surface area contributed by atoms with Crippen LogP contribution in [0.2, 0.25) is 0 Å². The Bertz CT molecular complexity index is 318. The quantitative estimate of drug-likeness (QED) is 0.718. The molecule has 1 rings (SSSR count). The monoisotopic (exact) mass is 196 g/mol. The maximum absolute atomic E-state index is 13.6. The molecule has 0 N–H and O–H groups in total. The van der Waals surface area contributed by atoms with E-state index in [0.717, 1.165) is 6.42 Å². The highest BCUT2D eigenvalue weighted by Gasteiger charge is 2.25. The number of rotatable bonds is 3. The van der Waals surface area contributed by atoms with Crippen molar-refractivity contribution in [2.45, 2.75) is 32.6 Å². The molecule has 1 nitrogen and oxygen atoms in total. The third-order valence-electron chi connectivity index (χ3n) is 2.76. The van der Waals surface area contributed by atoms with E-state index in [0.29, 0.717) is 11.3 Å². The van der Waals surface area contributed by atoms with Crippen molar-refractivity contribution in [2.75, 3.05) is 7.11 Å². The minimum absolute atomic E-state index is 0.184. The predicted octanol–water partition coefficient (Wildman–Crippen LogP) is 3.52. The Hall–Kier alpha value is -1.05. The van der Waals surface area contributed by atoms with Crippen molar-refractivity contribution in [3.63, 3.8) is 0 Å². The first-order chi connectivity index (χ1) is 6.53. The zero-order chi connectivity index (χ0) is 10.8. The number of hydrogen-bond donors (Lipinski definition) is 0. The van der Waals surface area contributed by atoms with Gasteiger partial charge in [-0.25, -0.2) is 4.39 Å². The molecule has 2 heteroatoms. The van der Waals surface area contributed by atoms with Crippen LogP contribution < -0.4 is 4.74 Å². The molecule has 0 bridgehead atoms. The second-order valence-electron chi connectivity index (χ2n) is 4.05. The second kappa shape index (κ2) is 3.99. The molecule has 0 saturated heterocycles. The van der Waals surface area contributed by atoms with Crippen molar-refractivity contribution >= 4 is 0 Å². The number of benzene rings is 1. The fraction of sp³-hybridized carbons (Fsp3) is 0.500. The molecule has 1 aromatic rings. The maximum atomic E-state index is 13.6. The van der Waals surface area contributed by atoms with Gasteiger partial charge in [-0.05, 0) is 24.0 Å². The van der Waals surface area contributed by atoms with Gasteiger partial charge in [-0.15, -0.1) is 0 Å². The molecule has 78 valence electrons. The van der Waals surface area contributed by atoms with Crippen molar-refractivity contribution in [3.05, 3.63) is 29.6 Å². The third-order valence-corrected chi connectivity index (χ3v) is 2.76. The van der Waals surface area contributed by atoms with E-state index in [1.807, 2.05) is 20.8 Å². The standard InChI is InChI=1S/C12H17FO/c1-5-12(2,3)11-9(13)7-6-8-10(11)14-4/h6-8H,5H2,1-4H3. The van der Waals surface area contributed by atoms with Gasteiger partial charge in [-0.2, -0.15) is 0 Å². The zero-order valence-electron chi connectivity index (χ0n) is 9.23. The average molecular weight is 196 g/mol. The Kier molecular flexibility index (Phi) is 3.14. The molecule has 14 heavy (non-hydrogen) atoms. The summed E-state index contributed by atoms with van der Waals surface area (Å²) in [5.74, 6) is 0.452. The van der Waals surface area contributed by atoms with Gasteiger partial charge in [0, 0.05) is 5.56 Å². The molecule has 0 aliphatic carbocycles. The third kappa shape index (κ3) is 1.89. The van der Waals surface area contributed by atoms with Crippen LogP contribution in [0.1, 0.15) is 32.8 Å². The molecule has 1 aromatic carbocycles. The molecule has 0 amide bonds. The summed E-state index contributed by atoms with van der Waals surface area (Å²) in [4.78, 5) is 0. The lowest BCUT2D eigenvalue weighted by atomic mass is 9.81. The molecule has 0 spiro atoms. The molecular weight excluding hydrogens is 179 g/mol. The van der Waals surface area contributed by atoms with Gasteiger partial charge in [-0.3, -0.25) is 0 Å². The minimum Gasteiger partial charge on any atom is -0.496 e. The SMILES string of the molecule is CCC(C)(C)c1c(F)cccc1OC. The highest BCUT2D eigenvalue weighted by molar-refractivity contribution is 5.39. The van der Waals surface area contributed by atoms with Gasteiger partial charge in [0.15, 0.2) is 0 Å². The Morgan fingerprint density at radius 3 is 2.50 bits per heavy atom. The molecule has 0 fully saturated rings. The fourth-order valence-corrected chi connectivity index (χ4v) is 1.51. The van der Waals surface area contributed by atoms with Crippen LogP contribution in [-0.4, -0.2) is 7.11 Å². The van der Waals surface area contributed by atoms with Crippen molar-refractivity contribution in [2.24, 2.45) is 0 Å². The first-order valence-corrected chi connectivity index (χ1v) is 4.86. The number of hydrogen-bond acceptors (Lipinski definition) is 1. The highest BCUT2D eigenvalue weighted by atomic mass is 19.1.